The van der Waals surface area contributed by atoms with Gasteiger partial charge in [-0.3, -0.25) is 4.99 Å². The van der Waals surface area contributed by atoms with Crippen LogP contribution in [-0.4, -0.2) is 63.3 Å². The van der Waals surface area contributed by atoms with Crippen molar-refractivity contribution in [2.45, 2.75) is 37.6 Å². The first kappa shape index (κ1) is 26.6. The number of nitrogens with one attached hydrogen (secondary N) is 2. The first-order valence-corrected chi connectivity index (χ1v) is 11.5. The predicted molar refractivity (Wildman–Crippen MR) is 145 cm³/mol. The Balaban J connectivity index is 0.00000363. The molecule has 0 radical (unpaired) electrons. The second kappa shape index (κ2) is 13.8. The maximum Gasteiger partial charge on any atom is 0.191 e. The molecular weight excluding hydrogens is 511 g/mol. The lowest BCUT2D eigenvalue weighted by Gasteiger charge is -2.41. The fourth-order valence-corrected chi connectivity index (χ4v) is 4.30. The van der Waals surface area contributed by atoms with Crippen molar-refractivity contribution >= 4 is 29.9 Å². The number of hydrogen-bond acceptors (Lipinski definition) is 3. The zero-order valence-corrected chi connectivity index (χ0v) is 22.0. The second-order valence-corrected chi connectivity index (χ2v) is 8.52. The summed E-state index contributed by atoms with van der Waals surface area (Å²) in [4.78, 5) is 7.29. The van der Waals surface area contributed by atoms with E-state index in [0.717, 1.165) is 58.1 Å². The van der Waals surface area contributed by atoms with Crippen LogP contribution < -0.4 is 10.6 Å². The monoisotopic (exact) mass is 550 g/mol. The first-order valence-electron chi connectivity index (χ1n) is 11.5. The topological polar surface area (TPSA) is 48.9 Å². The predicted octanol–water partition coefficient (Wildman–Crippen LogP) is 4.49. The molecule has 0 aliphatic carbocycles. The lowest BCUT2D eigenvalue weighted by atomic mass is 9.88. The molecule has 2 aromatic carbocycles. The SMILES string of the molecule is CCNC(=NCC1(N(C)C)CCOCC1)NCCC(c1ccccc1)c1ccccc1.I. The van der Waals surface area contributed by atoms with Gasteiger partial charge >= 0.3 is 0 Å². The Hall–Kier alpha value is -1.64. The van der Waals surface area contributed by atoms with Crippen LogP contribution in [0.15, 0.2) is 65.7 Å². The summed E-state index contributed by atoms with van der Waals surface area (Å²) in [7, 11) is 4.32. The molecule has 1 fully saturated rings. The number of aliphatic imine (C=N–C) groups is 1. The maximum absolute atomic E-state index is 5.60. The molecule has 5 nitrogen and oxygen atoms in total. The van der Waals surface area contributed by atoms with E-state index in [1.165, 1.54) is 11.1 Å². The summed E-state index contributed by atoms with van der Waals surface area (Å²) < 4.78 is 5.60. The van der Waals surface area contributed by atoms with Gasteiger partial charge in [-0.15, -0.1) is 24.0 Å². The molecular formula is C26H39IN4O. The van der Waals surface area contributed by atoms with Crippen molar-refractivity contribution in [2.75, 3.05) is 46.9 Å². The summed E-state index contributed by atoms with van der Waals surface area (Å²) in [5.41, 5.74) is 2.79. The molecule has 3 rings (SSSR count). The summed E-state index contributed by atoms with van der Waals surface area (Å²) in [6.07, 6.45) is 3.05. The smallest absolute Gasteiger partial charge is 0.191 e. The zero-order chi connectivity index (χ0) is 21.9. The lowest BCUT2D eigenvalue weighted by molar-refractivity contribution is -0.00254. The van der Waals surface area contributed by atoms with Gasteiger partial charge in [-0.2, -0.15) is 0 Å². The highest BCUT2D eigenvalue weighted by molar-refractivity contribution is 14.0. The van der Waals surface area contributed by atoms with E-state index < -0.39 is 0 Å². The molecule has 2 aromatic rings. The van der Waals surface area contributed by atoms with Gasteiger partial charge in [-0.25, -0.2) is 0 Å². The highest BCUT2D eigenvalue weighted by Gasteiger charge is 2.34. The van der Waals surface area contributed by atoms with Gasteiger partial charge in [0.2, 0.25) is 0 Å². The number of halogens is 1. The van der Waals surface area contributed by atoms with Gasteiger partial charge in [-0.1, -0.05) is 60.7 Å². The van der Waals surface area contributed by atoms with E-state index in [9.17, 15) is 0 Å². The van der Waals surface area contributed by atoms with Crippen molar-refractivity contribution in [3.8, 4) is 0 Å². The number of ether oxygens (including phenoxy) is 1. The van der Waals surface area contributed by atoms with Crippen LogP contribution in [0.3, 0.4) is 0 Å². The Bertz CT molecular complexity index is 752. The van der Waals surface area contributed by atoms with E-state index in [1.807, 2.05) is 0 Å². The van der Waals surface area contributed by atoms with Crippen LogP contribution in [0.1, 0.15) is 43.2 Å². The van der Waals surface area contributed by atoms with Crippen molar-refractivity contribution in [1.82, 2.24) is 15.5 Å². The van der Waals surface area contributed by atoms with Gasteiger partial charge in [0.25, 0.3) is 0 Å². The van der Waals surface area contributed by atoms with Gasteiger partial charge in [0, 0.05) is 37.8 Å². The van der Waals surface area contributed by atoms with Crippen LogP contribution in [0.4, 0.5) is 0 Å². The first-order chi connectivity index (χ1) is 15.1. The molecule has 176 valence electrons. The van der Waals surface area contributed by atoms with E-state index in [0.29, 0.717) is 5.92 Å². The van der Waals surface area contributed by atoms with Crippen LogP contribution in [0.5, 0.6) is 0 Å². The number of guanidine groups is 1. The maximum atomic E-state index is 5.60. The van der Waals surface area contributed by atoms with E-state index >= 15 is 0 Å². The molecule has 0 bridgehead atoms. The lowest BCUT2D eigenvalue weighted by Crippen LogP contribution is -2.51. The molecule has 0 atom stereocenters. The Labute approximate surface area is 211 Å². The van der Waals surface area contributed by atoms with Crippen molar-refractivity contribution < 1.29 is 4.74 Å². The van der Waals surface area contributed by atoms with Gasteiger partial charge in [0.15, 0.2) is 5.96 Å². The summed E-state index contributed by atoms with van der Waals surface area (Å²) in [6.45, 7) is 6.23. The molecule has 0 amide bonds. The van der Waals surface area contributed by atoms with E-state index in [2.05, 4.69) is 97.2 Å². The van der Waals surface area contributed by atoms with Crippen LogP contribution in [-0.2, 0) is 4.74 Å². The van der Waals surface area contributed by atoms with Gasteiger partial charge in [-0.05, 0) is 51.4 Å². The normalized spacial score (nSPS) is 16.0. The highest BCUT2D eigenvalue weighted by atomic mass is 127. The van der Waals surface area contributed by atoms with Crippen LogP contribution in [0, 0.1) is 0 Å². The molecule has 0 spiro atoms. The summed E-state index contributed by atoms with van der Waals surface area (Å²) in [6, 6.07) is 21.6. The Morgan fingerprint density at radius 2 is 1.53 bits per heavy atom. The van der Waals surface area contributed by atoms with E-state index in [-0.39, 0.29) is 29.5 Å². The molecule has 0 saturated carbocycles. The van der Waals surface area contributed by atoms with Crippen molar-refractivity contribution in [1.29, 1.82) is 0 Å². The molecule has 0 unspecified atom stereocenters. The Morgan fingerprint density at radius 1 is 0.969 bits per heavy atom. The quantitative estimate of drug-likeness (QED) is 0.275. The Kier molecular flexibility index (Phi) is 11.5. The molecule has 1 aliphatic rings. The third-order valence-electron chi connectivity index (χ3n) is 6.38. The molecule has 2 N–H and O–H groups in total. The number of likely N-dealkylation sites (N-methyl/N-ethyl adjacent to an activating group) is 1. The third-order valence-corrected chi connectivity index (χ3v) is 6.38. The average Bonchev–Trinajstić information content (AvgIpc) is 2.82. The van der Waals surface area contributed by atoms with Crippen molar-refractivity contribution in [2.24, 2.45) is 4.99 Å². The fraction of sp³-hybridized carbons (Fsp3) is 0.500. The Morgan fingerprint density at radius 3 is 2.03 bits per heavy atom. The number of nitrogens with zero attached hydrogens (tertiary/aromatic N) is 2. The highest BCUT2D eigenvalue weighted by Crippen LogP contribution is 2.28. The molecule has 0 aromatic heterocycles. The van der Waals surface area contributed by atoms with Crippen molar-refractivity contribution in [3.63, 3.8) is 0 Å². The van der Waals surface area contributed by atoms with E-state index in [4.69, 9.17) is 9.73 Å². The van der Waals surface area contributed by atoms with Crippen LogP contribution in [0.25, 0.3) is 0 Å². The standard InChI is InChI=1S/C26H38N4O.HI/c1-4-27-25(29-21-26(30(2)3)16-19-31-20-17-26)28-18-15-24(22-11-7-5-8-12-22)23-13-9-6-10-14-23;/h5-14,24H,4,15-21H2,1-3H3,(H2,27,28,29);1H. The molecule has 32 heavy (non-hydrogen) atoms. The van der Waals surface area contributed by atoms with Crippen LogP contribution in [0.2, 0.25) is 0 Å². The third kappa shape index (κ3) is 7.46. The minimum Gasteiger partial charge on any atom is -0.381 e. The average molecular weight is 551 g/mol. The molecule has 6 heteroatoms. The fourth-order valence-electron chi connectivity index (χ4n) is 4.30. The zero-order valence-electron chi connectivity index (χ0n) is 19.7. The summed E-state index contributed by atoms with van der Waals surface area (Å²) >= 11 is 0. The largest absolute Gasteiger partial charge is 0.381 e. The number of benzene rings is 2. The molecule has 1 aliphatic heterocycles. The summed E-state index contributed by atoms with van der Waals surface area (Å²) in [5.74, 6) is 1.26. The van der Waals surface area contributed by atoms with Crippen molar-refractivity contribution in [3.05, 3.63) is 71.8 Å². The molecule has 1 heterocycles. The minimum absolute atomic E-state index is 0. The molecule has 1 saturated heterocycles. The summed E-state index contributed by atoms with van der Waals surface area (Å²) in [5, 5.41) is 7.00. The van der Waals surface area contributed by atoms with Gasteiger partial charge < -0.3 is 20.3 Å². The van der Waals surface area contributed by atoms with Crippen LogP contribution >= 0.6 is 24.0 Å². The van der Waals surface area contributed by atoms with Gasteiger partial charge in [0.1, 0.15) is 0 Å². The van der Waals surface area contributed by atoms with E-state index in [1.54, 1.807) is 0 Å². The van der Waals surface area contributed by atoms with Gasteiger partial charge in [0.05, 0.1) is 6.54 Å². The number of hydrogen-bond donors (Lipinski definition) is 2. The minimum atomic E-state index is 0. The number of rotatable bonds is 9. The second-order valence-electron chi connectivity index (χ2n) is 8.52.